The zero-order chi connectivity index (χ0) is 9.35. The molecule has 1 rings (SSSR count). The molecule has 0 amide bonds. The molecule has 0 aliphatic heterocycles. The lowest BCUT2D eigenvalue weighted by Gasteiger charge is -2.20. The number of hydrogen-bond acceptors (Lipinski definition) is 2. The monoisotopic (exact) mass is 165 g/mol. The maximum absolute atomic E-state index is 10.5. The van der Waals surface area contributed by atoms with E-state index in [0.717, 1.165) is 5.69 Å². The van der Waals surface area contributed by atoms with E-state index in [1.54, 1.807) is 10.7 Å². The molecule has 3 heteroatoms. The van der Waals surface area contributed by atoms with Gasteiger partial charge in [-0.1, -0.05) is 0 Å². The van der Waals surface area contributed by atoms with E-state index in [1.807, 2.05) is 34.0 Å². The number of hydrogen-bond donors (Lipinski definition) is 0. The minimum absolute atomic E-state index is 0.152. The highest BCUT2D eigenvalue weighted by Gasteiger charge is 2.18. The molecule has 0 aliphatic carbocycles. The lowest BCUT2D eigenvalue weighted by atomic mass is 10.1. The maximum Gasteiger partial charge on any atom is 0.253 e. The van der Waals surface area contributed by atoms with Gasteiger partial charge in [0.15, 0.2) is 0 Å². The van der Waals surface area contributed by atoms with Crippen LogP contribution in [0.25, 0.3) is 0 Å². The van der Waals surface area contributed by atoms with Crippen LogP contribution in [0.1, 0.15) is 32.2 Å². The molecular weight excluding hydrogens is 152 g/mol. The molecule has 0 N–H and O–H groups in total. The molecule has 0 fully saturated rings. The summed E-state index contributed by atoms with van der Waals surface area (Å²) in [6.07, 6.45) is 1.87. The molecule has 0 spiro atoms. The average molecular weight is 165 g/mol. The minimum atomic E-state index is -0.152. The van der Waals surface area contributed by atoms with Crippen LogP contribution < -0.4 is 0 Å². The Morgan fingerprint density at radius 2 is 2.08 bits per heavy atom. The fourth-order valence-electron chi connectivity index (χ4n) is 1.08. The average Bonchev–Trinajstić information content (AvgIpc) is 2.29. The normalized spacial score (nSPS) is 11.7. The zero-order valence-electron chi connectivity index (χ0n) is 7.88. The van der Waals surface area contributed by atoms with Crippen LogP contribution in [0.15, 0.2) is 6.07 Å². The van der Waals surface area contributed by atoms with Crippen molar-refractivity contribution in [1.29, 1.82) is 0 Å². The highest BCUT2D eigenvalue weighted by atomic mass is 16.1. The first-order chi connectivity index (χ1) is 5.45. The molecule has 0 saturated carbocycles. The van der Waals surface area contributed by atoms with E-state index in [9.17, 15) is 4.79 Å². The first-order valence-corrected chi connectivity index (χ1v) is 3.90. The SMILES string of the molecule is Cc1cc([C]=O)n(C(C)(C)C)n1. The van der Waals surface area contributed by atoms with Gasteiger partial charge in [0.1, 0.15) is 5.69 Å². The quantitative estimate of drug-likeness (QED) is 0.630. The number of carbonyl (C=O) groups excluding carboxylic acids is 1. The van der Waals surface area contributed by atoms with Crippen molar-refractivity contribution in [2.45, 2.75) is 33.2 Å². The Balaban J connectivity index is 3.22. The number of rotatable bonds is 1. The van der Waals surface area contributed by atoms with Crippen LogP contribution in [0, 0.1) is 6.92 Å². The largest absolute Gasteiger partial charge is 0.283 e. The Morgan fingerprint density at radius 3 is 2.42 bits per heavy atom. The zero-order valence-corrected chi connectivity index (χ0v) is 7.88. The highest BCUT2D eigenvalue weighted by molar-refractivity contribution is 5.72. The van der Waals surface area contributed by atoms with E-state index < -0.39 is 0 Å². The van der Waals surface area contributed by atoms with Gasteiger partial charge in [-0.25, -0.2) is 0 Å². The standard InChI is InChI=1S/C9H13N2O/c1-7-5-8(6-12)11(10-7)9(2,3)4/h5H,1-4H3. The fraction of sp³-hybridized carbons (Fsp3) is 0.556. The molecule has 0 bridgehead atoms. The second-order valence-corrected chi connectivity index (χ2v) is 3.86. The van der Waals surface area contributed by atoms with Crippen molar-refractivity contribution in [3.63, 3.8) is 0 Å². The molecule has 1 radical (unpaired) electrons. The van der Waals surface area contributed by atoms with E-state index in [2.05, 4.69) is 5.10 Å². The third kappa shape index (κ3) is 1.55. The molecule has 3 nitrogen and oxygen atoms in total. The summed E-state index contributed by atoms with van der Waals surface area (Å²) in [5.41, 5.74) is 1.21. The summed E-state index contributed by atoms with van der Waals surface area (Å²) in [6, 6.07) is 1.73. The predicted octanol–water partition coefficient (Wildman–Crippen LogP) is 1.40. The van der Waals surface area contributed by atoms with Crippen molar-refractivity contribution < 1.29 is 4.79 Å². The minimum Gasteiger partial charge on any atom is -0.283 e. The van der Waals surface area contributed by atoms with E-state index in [4.69, 9.17) is 0 Å². The molecular formula is C9H13N2O. The molecule has 1 aromatic heterocycles. The summed E-state index contributed by atoms with van der Waals surface area (Å²) >= 11 is 0. The van der Waals surface area contributed by atoms with Crippen LogP contribution in [0.2, 0.25) is 0 Å². The molecule has 0 saturated heterocycles. The van der Waals surface area contributed by atoms with E-state index in [1.165, 1.54) is 0 Å². The summed E-state index contributed by atoms with van der Waals surface area (Å²) in [7, 11) is 0. The van der Waals surface area contributed by atoms with E-state index in [-0.39, 0.29) is 5.54 Å². The van der Waals surface area contributed by atoms with Crippen molar-refractivity contribution >= 4 is 6.29 Å². The van der Waals surface area contributed by atoms with Crippen LogP contribution in [-0.4, -0.2) is 16.1 Å². The van der Waals surface area contributed by atoms with Gasteiger partial charge in [0.2, 0.25) is 0 Å². The highest BCUT2D eigenvalue weighted by Crippen LogP contribution is 2.15. The molecule has 1 aromatic rings. The number of nitrogens with zero attached hydrogens (tertiary/aromatic N) is 2. The number of aromatic nitrogens is 2. The molecule has 0 aliphatic rings. The third-order valence-corrected chi connectivity index (χ3v) is 1.57. The molecule has 12 heavy (non-hydrogen) atoms. The molecule has 1 heterocycles. The van der Waals surface area contributed by atoms with Crippen molar-refractivity contribution in [3.05, 3.63) is 17.5 Å². The van der Waals surface area contributed by atoms with Crippen LogP contribution >= 0.6 is 0 Å². The van der Waals surface area contributed by atoms with Crippen molar-refractivity contribution in [1.82, 2.24) is 9.78 Å². The fourth-order valence-corrected chi connectivity index (χ4v) is 1.08. The Hall–Kier alpha value is -1.12. The van der Waals surface area contributed by atoms with Crippen LogP contribution in [0.3, 0.4) is 0 Å². The van der Waals surface area contributed by atoms with Gasteiger partial charge in [-0.2, -0.15) is 5.10 Å². The smallest absolute Gasteiger partial charge is 0.253 e. The molecule has 0 aromatic carbocycles. The van der Waals surface area contributed by atoms with Crippen LogP contribution in [0.4, 0.5) is 0 Å². The van der Waals surface area contributed by atoms with Crippen molar-refractivity contribution in [2.75, 3.05) is 0 Å². The summed E-state index contributed by atoms with van der Waals surface area (Å²) in [5, 5.41) is 4.21. The third-order valence-electron chi connectivity index (χ3n) is 1.57. The van der Waals surface area contributed by atoms with Gasteiger partial charge >= 0.3 is 0 Å². The predicted molar refractivity (Wildman–Crippen MR) is 46.8 cm³/mol. The maximum atomic E-state index is 10.5. The second kappa shape index (κ2) is 2.73. The van der Waals surface area contributed by atoms with Crippen molar-refractivity contribution in [2.24, 2.45) is 0 Å². The van der Waals surface area contributed by atoms with E-state index >= 15 is 0 Å². The summed E-state index contributed by atoms with van der Waals surface area (Å²) in [6.45, 7) is 7.86. The Morgan fingerprint density at radius 1 is 1.50 bits per heavy atom. The Kier molecular flexibility index (Phi) is 2.04. The van der Waals surface area contributed by atoms with Crippen LogP contribution in [0.5, 0.6) is 0 Å². The first-order valence-electron chi connectivity index (χ1n) is 3.90. The van der Waals surface area contributed by atoms with Gasteiger partial charge < -0.3 is 0 Å². The molecule has 0 unspecified atom stereocenters. The van der Waals surface area contributed by atoms with Gasteiger partial charge in [0.25, 0.3) is 6.29 Å². The van der Waals surface area contributed by atoms with Gasteiger partial charge in [-0.3, -0.25) is 9.48 Å². The topological polar surface area (TPSA) is 34.9 Å². The molecule has 0 atom stereocenters. The van der Waals surface area contributed by atoms with Gasteiger partial charge in [0, 0.05) is 0 Å². The van der Waals surface area contributed by atoms with Gasteiger partial charge in [0.05, 0.1) is 11.2 Å². The second-order valence-electron chi connectivity index (χ2n) is 3.86. The van der Waals surface area contributed by atoms with Gasteiger partial charge in [-0.15, -0.1) is 0 Å². The van der Waals surface area contributed by atoms with Crippen molar-refractivity contribution in [3.8, 4) is 0 Å². The van der Waals surface area contributed by atoms with Gasteiger partial charge in [-0.05, 0) is 33.8 Å². The lowest BCUT2D eigenvalue weighted by Crippen LogP contribution is -2.25. The van der Waals surface area contributed by atoms with Crippen LogP contribution in [-0.2, 0) is 10.3 Å². The Labute approximate surface area is 72.4 Å². The summed E-state index contributed by atoms with van der Waals surface area (Å²) in [5.74, 6) is 0. The molecule has 65 valence electrons. The Bertz CT molecular complexity index is 294. The number of aryl methyl sites for hydroxylation is 1. The summed E-state index contributed by atoms with van der Waals surface area (Å²) < 4.78 is 1.69. The summed E-state index contributed by atoms with van der Waals surface area (Å²) in [4.78, 5) is 10.5. The first kappa shape index (κ1) is 8.97. The lowest BCUT2D eigenvalue weighted by molar-refractivity contribution is 0.350. The van der Waals surface area contributed by atoms with E-state index in [0.29, 0.717) is 5.69 Å².